The molecule has 16 heavy (non-hydrogen) atoms. The molecule has 0 aliphatic rings. The third-order valence-corrected chi connectivity index (χ3v) is 2.66. The van der Waals surface area contributed by atoms with Crippen LogP contribution < -0.4 is 5.32 Å². The summed E-state index contributed by atoms with van der Waals surface area (Å²) in [6, 6.07) is 3.44. The fourth-order valence-corrected chi connectivity index (χ4v) is 1.34. The Morgan fingerprint density at radius 3 is 2.81 bits per heavy atom. The van der Waals surface area contributed by atoms with Gasteiger partial charge in [-0.05, 0) is 32.4 Å². The van der Waals surface area contributed by atoms with Crippen molar-refractivity contribution < 1.29 is 9.59 Å². The third-order valence-electron chi connectivity index (χ3n) is 2.66. The highest BCUT2D eigenvalue weighted by molar-refractivity contribution is 5.78. The number of carbonyl (C=O) groups is 2. The summed E-state index contributed by atoms with van der Waals surface area (Å²) in [5, 5.41) is 2.92. The molecule has 0 bridgehead atoms. The standard InChI is InChI=1S/C12H18N2O2/c1-4-12(2,3)13-11(16)8-14-7-5-6-10(14)9-15/h5-7,9H,4,8H2,1-3H3,(H,13,16). The lowest BCUT2D eigenvalue weighted by Crippen LogP contribution is -2.44. The first-order valence-electron chi connectivity index (χ1n) is 5.40. The first kappa shape index (κ1) is 12.5. The van der Waals surface area contributed by atoms with E-state index in [1.54, 1.807) is 22.9 Å². The summed E-state index contributed by atoms with van der Waals surface area (Å²) in [7, 11) is 0. The molecule has 0 saturated carbocycles. The number of carbonyl (C=O) groups excluding carboxylic acids is 2. The molecule has 0 unspecified atom stereocenters. The molecule has 1 heterocycles. The van der Waals surface area contributed by atoms with Crippen molar-refractivity contribution in [1.82, 2.24) is 9.88 Å². The van der Waals surface area contributed by atoms with Crippen LogP contribution in [0.4, 0.5) is 0 Å². The molecule has 0 aliphatic heterocycles. The van der Waals surface area contributed by atoms with Gasteiger partial charge in [0, 0.05) is 11.7 Å². The van der Waals surface area contributed by atoms with E-state index in [1.165, 1.54) is 0 Å². The molecule has 0 aromatic carbocycles. The Balaban J connectivity index is 2.62. The second-order valence-corrected chi connectivity index (χ2v) is 4.46. The second-order valence-electron chi connectivity index (χ2n) is 4.46. The topological polar surface area (TPSA) is 51.1 Å². The molecule has 4 heteroatoms. The van der Waals surface area contributed by atoms with Crippen molar-refractivity contribution >= 4 is 12.2 Å². The second kappa shape index (κ2) is 4.96. The Bertz CT molecular complexity index is 380. The lowest BCUT2D eigenvalue weighted by molar-refractivity contribution is -0.123. The number of hydrogen-bond acceptors (Lipinski definition) is 2. The predicted octanol–water partition coefficient (Wildman–Crippen LogP) is 1.61. The van der Waals surface area contributed by atoms with Crippen LogP contribution in [0, 0.1) is 0 Å². The van der Waals surface area contributed by atoms with Crippen LogP contribution in [-0.4, -0.2) is 22.3 Å². The molecular weight excluding hydrogens is 204 g/mol. The van der Waals surface area contributed by atoms with Crippen molar-refractivity contribution in [3.8, 4) is 0 Å². The Labute approximate surface area is 95.6 Å². The molecule has 1 N–H and O–H groups in total. The zero-order valence-corrected chi connectivity index (χ0v) is 9.99. The summed E-state index contributed by atoms with van der Waals surface area (Å²) < 4.78 is 1.63. The monoisotopic (exact) mass is 222 g/mol. The van der Waals surface area contributed by atoms with Gasteiger partial charge in [0.25, 0.3) is 0 Å². The summed E-state index contributed by atoms with van der Waals surface area (Å²) >= 11 is 0. The molecule has 0 spiro atoms. The van der Waals surface area contributed by atoms with Gasteiger partial charge in [-0.2, -0.15) is 0 Å². The van der Waals surface area contributed by atoms with Crippen molar-refractivity contribution in [3.63, 3.8) is 0 Å². The van der Waals surface area contributed by atoms with E-state index in [2.05, 4.69) is 5.32 Å². The van der Waals surface area contributed by atoms with Crippen LogP contribution in [-0.2, 0) is 11.3 Å². The van der Waals surface area contributed by atoms with Gasteiger partial charge >= 0.3 is 0 Å². The molecular formula is C12H18N2O2. The Morgan fingerprint density at radius 2 is 2.25 bits per heavy atom. The quantitative estimate of drug-likeness (QED) is 0.769. The lowest BCUT2D eigenvalue weighted by Gasteiger charge is -2.24. The first-order valence-corrected chi connectivity index (χ1v) is 5.40. The summed E-state index contributed by atoms with van der Waals surface area (Å²) in [6.45, 7) is 6.15. The van der Waals surface area contributed by atoms with Crippen molar-refractivity contribution in [2.24, 2.45) is 0 Å². The van der Waals surface area contributed by atoms with Crippen LogP contribution in [0.15, 0.2) is 18.3 Å². The van der Waals surface area contributed by atoms with Gasteiger partial charge in [-0.15, -0.1) is 0 Å². The van der Waals surface area contributed by atoms with E-state index < -0.39 is 0 Å². The highest BCUT2D eigenvalue weighted by Crippen LogP contribution is 2.07. The van der Waals surface area contributed by atoms with Gasteiger partial charge in [-0.25, -0.2) is 0 Å². The van der Waals surface area contributed by atoms with Crippen molar-refractivity contribution in [2.45, 2.75) is 39.3 Å². The molecule has 1 aromatic rings. The smallest absolute Gasteiger partial charge is 0.240 e. The molecule has 0 fully saturated rings. The van der Waals surface area contributed by atoms with Gasteiger partial charge < -0.3 is 9.88 Å². The van der Waals surface area contributed by atoms with Crippen LogP contribution in [0.5, 0.6) is 0 Å². The van der Waals surface area contributed by atoms with Crippen LogP contribution in [0.1, 0.15) is 37.7 Å². The highest BCUT2D eigenvalue weighted by atomic mass is 16.2. The van der Waals surface area contributed by atoms with Gasteiger partial charge in [-0.3, -0.25) is 9.59 Å². The zero-order valence-electron chi connectivity index (χ0n) is 9.99. The SMILES string of the molecule is CCC(C)(C)NC(=O)Cn1cccc1C=O. The van der Waals surface area contributed by atoms with Gasteiger partial charge in [0.15, 0.2) is 6.29 Å². The fraction of sp³-hybridized carbons (Fsp3) is 0.500. The molecule has 0 radical (unpaired) electrons. The number of nitrogens with zero attached hydrogens (tertiary/aromatic N) is 1. The van der Waals surface area contributed by atoms with Gasteiger partial charge in [0.05, 0.1) is 5.69 Å². The number of rotatable bonds is 5. The molecule has 1 amide bonds. The largest absolute Gasteiger partial charge is 0.350 e. The maximum absolute atomic E-state index is 11.7. The van der Waals surface area contributed by atoms with E-state index >= 15 is 0 Å². The van der Waals surface area contributed by atoms with E-state index in [1.807, 2.05) is 20.8 Å². The van der Waals surface area contributed by atoms with Crippen LogP contribution in [0.25, 0.3) is 0 Å². The number of aldehydes is 1. The van der Waals surface area contributed by atoms with E-state index in [9.17, 15) is 9.59 Å². The van der Waals surface area contributed by atoms with Crippen molar-refractivity contribution in [2.75, 3.05) is 0 Å². The third kappa shape index (κ3) is 3.22. The maximum Gasteiger partial charge on any atom is 0.240 e. The Hall–Kier alpha value is -1.58. The average molecular weight is 222 g/mol. The van der Waals surface area contributed by atoms with Crippen LogP contribution in [0.2, 0.25) is 0 Å². The van der Waals surface area contributed by atoms with E-state index in [-0.39, 0.29) is 18.0 Å². The van der Waals surface area contributed by atoms with Crippen molar-refractivity contribution in [3.05, 3.63) is 24.0 Å². The van der Waals surface area contributed by atoms with Gasteiger partial charge in [0.1, 0.15) is 6.54 Å². The van der Waals surface area contributed by atoms with E-state index in [4.69, 9.17) is 0 Å². The fourth-order valence-electron chi connectivity index (χ4n) is 1.34. The van der Waals surface area contributed by atoms with Gasteiger partial charge in [-0.1, -0.05) is 6.92 Å². The predicted molar refractivity (Wildman–Crippen MR) is 62.3 cm³/mol. The molecule has 4 nitrogen and oxygen atoms in total. The van der Waals surface area contributed by atoms with Gasteiger partial charge in [0.2, 0.25) is 5.91 Å². The normalized spacial score (nSPS) is 11.2. The Morgan fingerprint density at radius 1 is 1.56 bits per heavy atom. The van der Waals surface area contributed by atoms with Crippen molar-refractivity contribution in [1.29, 1.82) is 0 Å². The molecule has 0 atom stereocenters. The van der Waals surface area contributed by atoms with E-state index in [0.717, 1.165) is 12.7 Å². The summed E-state index contributed by atoms with van der Waals surface area (Å²) in [4.78, 5) is 22.4. The number of nitrogens with one attached hydrogen (secondary N) is 1. The Kier molecular flexibility index (Phi) is 3.88. The van der Waals surface area contributed by atoms with E-state index in [0.29, 0.717) is 5.69 Å². The van der Waals surface area contributed by atoms with Crippen LogP contribution >= 0.6 is 0 Å². The first-order chi connectivity index (χ1) is 7.48. The lowest BCUT2D eigenvalue weighted by atomic mass is 10.0. The molecule has 0 aliphatic carbocycles. The molecule has 1 aromatic heterocycles. The zero-order chi connectivity index (χ0) is 12.2. The summed E-state index contributed by atoms with van der Waals surface area (Å²) in [6.07, 6.45) is 3.34. The minimum atomic E-state index is -0.203. The summed E-state index contributed by atoms with van der Waals surface area (Å²) in [5.41, 5.74) is 0.315. The minimum Gasteiger partial charge on any atom is -0.350 e. The molecule has 0 saturated heterocycles. The van der Waals surface area contributed by atoms with Crippen LogP contribution in [0.3, 0.4) is 0 Å². The highest BCUT2D eigenvalue weighted by Gasteiger charge is 2.18. The number of aromatic nitrogens is 1. The molecule has 88 valence electrons. The maximum atomic E-state index is 11.7. The minimum absolute atomic E-state index is 0.0776. The average Bonchev–Trinajstić information content (AvgIpc) is 2.64. The number of hydrogen-bond donors (Lipinski definition) is 1. The molecule has 1 rings (SSSR count). The number of amides is 1. The summed E-state index contributed by atoms with van der Waals surface area (Å²) in [5.74, 6) is -0.0776.